The minimum Gasteiger partial charge on any atom is -0.370 e. The molecule has 3 amide bonds. The number of carbonyl (C=O) groups excluding carboxylic acids is 4. The average molecular weight is 862 g/mol. The number of piperidine rings is 1. The number of hydrogen-bond donors (Lipinski definition) is 2. The van der Waals surface area contributed by atoms with Crippen molar-refractivity contribution in [2.75, 3.05) is 55.7 Å². The van der Waals surface area contributed by atoms with E-state index in [0.29, 0.717) is 42.1 Å². The Labute approximate surface area is 348 Å². The molecule has 4 heterocycles. The first-order valence-electron chi connectivity index (χ1n) is 20.5. The van der Waals surface area contributed by atoms with E-state index in [0.717, 1.165) is 75.3 Å². The fourth-order valence-corrected chi connectivity index (χ4v) is 10.5. The van der Waals surface area contributed by atoms with Crippen molar-refractivity contribution in [1.82, 2.24) is 14.5 Å². The van der Waals surface area contributed by atoms with Gasteiger partial charge in [-0.05, 0) is 95.0 Å². The molecule has 0 bridgehead atoms. The van der Waals surface area contributed by atoms with Crippen LogP contribution in [0.2, 0.25) is 0 Å². The minimum absolute atomic E-state index is 0.000135. The topological polar surface area (TPSA) is 199 Å². The van der Waals surface area contributed by atoms with Crippen molar-refractivity contribution in [3.05, 3.63) is 98.1 Å². The number of anilines is 1. The summed E-state index contributed by atoms with van der Waals surface area (Å²) in [5.41, 5.74) is 7.20. The summed E-state index contributed by atoms with van der Waals surface area (Å²) in [6.45, 7) is 6.23. The zero-order valence-electron chi connectivity index (χ0n) is 33.7. The quantitative estimate of drug-likeness (QED) is 0.171. The summed E-state index contributed by atoms with van der Waals surface area (Å²) in [7, 11) is -8.41. The molecule has 0 spiro atoms. The maximum absolute atomic E-state index is 14.7. The van der Waals surface area contributed by atoms with Gasteiger partial charge in [0.15, 0.2) is 6.54 Å². The summed E-state index contributed by atoms with van der Waals surface area (Å²) in [6, 6.07) is 16.0. The van der Waals surface area contributed by atoms with Crippen LogP contribution in [0, 0.1) is 5.92 Å². The predicted molar refractivity (Wildman–Crippen MR) is 221 cm³/mol. The Morgan fingerprint density at radius 3 is 2.20 bits per heavy atom. The molecule has 60 heavy (non-hydrogen) atoms. The second kappa shape index (κ2) is 15.8. The van der Waals surface area contributed by atoms with Gasteiger partial charge in [-0.1, -0.05) is 32.0 Å². The molecule has 4 aliphatic heterocycles. The molecule has 0 aromatic heterocycles. The van der Waals surface area contributed by atoms with E-state index in [4.69, 9.17) is 4.84 Å². The lowest BCUT2D eigenvalue weighted by Crippen LogP contribution is -2.45. The second-order valence-corrected chi connectivity index (χ2v) is 20.1. The summed E-state index contributed by atoms with van der Waals surface area (Å²) < 4.78 is 68.6. The van der Waals surface area contributed by atoms with E-state index < -0.39 is 60.9 Å². The zero-order valence-corrected chi connectivity index (χ0v) is 35.3. The number of likely N-dealkylation sites (tertiary alicyclic amines) is 1. The first-order valence-corrected chi connectivity index (χ1v) is 23.7. The van der Waals surface area contributed by atoms with Crippen LogP contribution >= 0.6 is 0 Å². The number of hydrogen-bond acceptors (Lipinski definition) is 10. The molecule has 2 saturated heterocycles. The largest absolute Gasteiger partial charge is 0.370 e. The highest BCUT2D eigenvalue weighted by molar-refractivity contribution is 7.86. The number of rotatable bonds is 10. The van der Waals surface area contributed by atoms with E-state index >= 15 is 0 Å². The Kier molecular flexibility index (Phi) is 11.0. The van der Waals surface area contributed by atoms with Crippen molar-refractivity contribution in [2.45, 2.75) is 70.6 Å². The molecular weight excluding hydrogens is 813 g/mol. The Morgan fingerprint density at radius 1 is 0.817 bits per heavy atom. The molecule has 1 aliphatic carbocycles. The molecule has 3 aromatic carbocycles. The van der Waals surface area contributed by atoms with Gasteiger partial charge in [-0.3, -0.25) is 23.5 Å². The summed E-state index contributed by atoms with van der Waals surface area (Å²) in [4.78, 5) is 60.7. The van der Waals surface area contributed by atoms with E-state index in [1.54, 1.807) is 11.0 Å². The van der Waals surface area contributed by atoms with Gasteiger partial charge in [-0.2, -0.15) is 16.8 Å². The molecule has 5 aliphatic rings. The van der Waals surface area contributed by atoms with Crippen LogP contribution in [-0.4, -0.2) is 110 Å². The van der Waals surface area contributed by atoms with Crippen LogP contribution in [0.15, 0.2) is 48.5 Å². The van der Waals surface area contributed by atoms with Crippen molar-refractivity contribution in [3.8, 4) is 0 Å². The van der Waals surface area contributed by atoms with E-state index in [-0.39, 0.29) is 44.9 Å². The van der Waals surface area contributed by atoms with E-state index in [2.05, 4.69) is 38.1 Å². The number of aryl methyl sites for hydroxylation is 2. The predicted octanol–water partition coefficient (Wildman–Crippen LogP) is 2.00. The highest BCUT2D eigenvalue weighted by Crippen LogP contribution is 2.45. The molecule has 0 saturated carbocycles. The molecule has 0 unspecified atom stereocenters. The summed E-state index contributed by atoms with van der Waals surface area (Å²) in [5.74, 6) is -3.39. The molecule has 17 heteroatoms. The molecule has 318 valence electrons. The molecule has 0 atom stereocenters. The van der Waals surface area contributed by atoms with Gasteiger partial charge >= 0.3 is 5.97 Å². The fourth-order valence-electron chi connectivity index (χ4n) is 9.56. The Balaban J connectivity index is 1.24. The monoisotopic (exact) mass is 861 g/mol. The van der Waals surface area contributed by atoms with Crippen molar-refractivity contribution in [3.63, 3.8) is 0 Å². The third kappa shape index (κ3) is 8.11. The van der Waals surface area contributed by atoms with Crippen LogP contribution in [-0.2, 0) is 57.7 Å². The number of carbonyl (C=O) groups is 4. The Hall–Kier alpha value is -4.97. The van der Waals surface area contributed by atoms with Gasteiger partial charge < -0.3 is 14.6 Å². The smallest absolute Gasteiger partial charge is 0.336 e. The maximum Gasteiger partial charge on any atom is 0.336 e. The van der Waals surface area contributed by atoms with Gasteiger partial charge in [0.05, 0.1) is 11.7 Å². The van der Waals surface area contributed by atoms with Crippen molar-refractivity contribution < 1.29 is 50.0 Å². The van der Waals surface area contributed by atoms with Crippen molar-refractivity contribution in [2.24, 2.45) is 5.92 Å². The molecule has 8 rings (SSSR count). The van der Waals surface area contributed by atoms with Gasteiger partial charge in [0.1, 0.15) is 12.3 Å². The van der Waals surface area contributed by atoms with Gasteiger partial charge in [0, 0.05) is 73.7 Å². The molecular formula is C43H49N4O11S2+. The number of imide groups is 1. The van der Waals surface area contributed by atoms with Gasteiger partial charge in [-0.15, -0.1) is 5.06 Å². The minimum atomic E-state index is -4.21. The number of fused-ring (bicyclic) bond motifs is 4. The third-order valence-electron chi connectivity index (χ3n) is 12.7. The summed E-state index contributed by atoms with van der Waals surface area (Å²) >= 11 is 0. The highest BCUT2D eigenvalue weighted by Gasteiger charge is 2.40. The molecule has 0 radical (unpaired) electrons. The lowest BCUT2D eigenvalue weighted by molar-refractivity contribution is -0.201. The van der Waals surface area contributed by atoms with Gasteiger partial charge in [0.25, 0.3) is 38.0 Å². The fraction of sp³-hybridized carbons (Fsp3) is 0.465. The molecule has 2 N–H and O–H groups in total. The number of nitrogens with zero attached hydrogens (tertiary/aromatic N) is 4. The number of amides is 3. The first-order chi connectivity index (χ1) is 28.4. The van der Waals surface area contributed by atoms with E-state index in [1.165, 1.54) is 0 Å². The van der Waals surface area contributed by atoms with E-state index in [1.807, 2.05) is 27.7 Å². The first kappa shape index (κ1) is 41.8. The van der Waals surface area contributed by atoms with Crippen molar-refractivity contribution >= 4 is 55.2 Å². The van der Waals surface area contributed by atoms with Crippen LogP contribution in [0.3, 0.4) is 0 Å². The SMILES string of the molecule is CC1(C)c2cc3c(cc2C(c2ccccc2C(=O)N2CCC(C(=O)ON4C(=O)CCC4=O)CC2)=c2cc4c(cc21)=[N+](CCS(=O)(=O)O)CCC4)CCCN3CCS(=O)(=O)O. The third-order valence-corrected chi connectivity index (χ3v) is 14.1. The van der Waals surface area contributed by atoms with Crippen LogP contribution in [0.1, 0.15) is 96.1 Å². The van der Waals surface area contributed by atoms with Crippen LogP contribution in [0.25, 0.3) is 5.57 Å². The zero-order chi connectivity index (χ0) is 42.7. The maximum atomic E-state index is 14.7. The number of benzene rings is 3. The highest BCUT2D eigenvalue weighted by atomic mass is 32.2. The summed E-state index contributed by atoms with van der Waals surface area (Å²) in [6.07, 6.45) is 3.64. The average Bonchev–Trinajstić information content (AvgIpc) is 3.52. The Bertz CT molecular complexity index is 2670. The van der Waals surface area contributed by atoms with Gasteiger partial charge in [-0.25, -0.2) is 9.37 Å². The molecule has 3 aromatic rings. The second-order valence-electron chi connectivity index (χ2n) is 16.9. The lowest BCUT2D eigenvalue weighted by Gasteiger charge is -2.39. The van der Waals surface area contributed by atoms with Crippen LogP contribution in [0.5, 0.6) is 0 Å². The Morgan fingerprint density at radius 2 is 1.50 bits per heavy atom. The van der Waals surface area contributed by atoms with Gasteiger partial charge in [0.2, 0.25) is 5.36 Å². The normalized spacial score (nSPS) is 19.2. The lowest BCUT2D eigenvalue weighted by atomic mass is 9.67. The molecule has 2 fully saturated rings. The van der Waals surface area contributed by atoms with Crippen molar-refractivity contribution in [1.29, 1.82) is 0 Å². The number of hydroxylamine groups is 2. The molecule has 15 nitrogen and oxygen atoms in total. The van der Waals surface area contributed by atoms with E-state index in [9.17, 15) is 45.1 Å². The standard InChI is InChI=1S/C43H48N4O11S2/c1-43(2)34-25-36-28(7-5-15-44(36)19-21-59(52,53)54)23-32(34)40(33-24-29-8-6-16-45(20-22-60(55,56)57)37(29)26-35(33)43)30-9-3-4-10-31(30)41(50)46-17-13-27(14-18-46)42(51)58-47-38(48)11-12-39(47)49/h3-4,9-10,23-27H,5-8,11-22H2,1-2H3,(H-,52,53,54,55,56,57)/p+1. The van der Waals surface area contributed by atoms with Crippen LogP contribution < -0.4 is 20.1 Å². The van der Waals surface area contributed by atoms with Crippen LogP contribution in [0.4, 0.5) is 5.69 Å². The summed E-state index contributed by atoms with van der Waals surface area (Å²) in [5, 5.41) is 2.38.